The van der Waals surface area contributed by atoms with Gasteiger partial charge in [-0.05, 0) is 43.9 Å². The van der Waals surface area contributed by atoms with Gasteiger partial charge in [0.25, 0.3) is 0 Å². The Morgan fingerprint density at radius 2 is 1.82 bits per heavy atom. The SMILES string of the molecule is CNC(=O)C(CN)Cc1c(C)cc(C)cc1C. The number of nitrogens with two attached hydrogens (primary N) is 1. The minimum Gasteiger partial charge on any atom is -0.359 e. The lowest BCUT2D eigenvalue weighted by Gasteiger charge is -2.17. The van der Waals surface area contributed by atoms with Gasteiger partial charge in [-0.25, -0.2) is 0 Å². The van der Waals surface area contributed by atoms with Crippen molar-refractivity contribution in [1.29, 1.82) is 0 Å². The first-order chi connectivity index (χ1) is 7.99. The fourth-order valence-corrected chi connectivity index (χ4v) is 2.27. The Balaban J connectivity index is 2.98. The Kier molecular flexibility index (Phi) is 4.70. The van der Waals surface area contributed by atoms with E-state index < -0.39 is 0 Å². The summed E-state index contributed by atoms with van der Waals surface area (Å²) in [6, 6.07) is 4.31. The number of amides is 1. The van der Waals surface area contributed by atoms with Gasteiger partial charge in [-0.15, -0.1) is 0 Å². The minimum absolute atomic E-state index is 0.0203. The number of benzene rings is 1. The number of hydrogen-bond acceptors (Lipinski definition) is 2. The zero-order chi connectivity index (χ0) is 13.0. The lowest BCUT2D eigenvalue weighted by Crippen LogP contribution is -2.34. The van der Waals surface area contributed by atoms with Crippen LogP contribution < -0.4 is 11.1 Å². The Hall–Kier alpha value is -1.35. The Morgan fingerprint density at radius 3 is 2.24 bits per heavy atom. The summed E-state index contributed by atoms with van der Waals surface area (Å²) in [6.07, 6.45) is 0.716. The van der Waals surface area contributed by atoms with Crippen LogP contribution in [0.15, 0.2) is 12.1 Å². The van der Waals surface area contributed by atoms with E-state index in [1.807, 2.05) is 0 Å². The molecular formula is C14H22N2O. The molecule has 0 spiro atoms. The van der Waals surface area contributed by atoms with E-state index in [9.17, 15) is 4.79 Å². The molecule has 0 bridgehead atoms. The van der Waals surface area contributed by atoms with Crippen molar-refractivity contribution in [1.82, 2.24) is 5.32 Å². The topological polar surface area (TPSA) is 55.1 Å². The van der Waals surface area contributed by atoms with Crippen LogP contribution in [-0.2, 0) is 11.2 Å². The van der Waals surface area contributed by atoms with E-state index >= 15 is 0 Å². The average Bonchev–Trinajstić information content (AvgIpc) is 2.27. The van der Waals surface area contributed by atoms with E-state index in [1.54, 1.807) is 7.05 Å². The summed E-state index contributed by atoms with van der Waals surface area (Å²) in [7, 11) is 1.65. The fraction of sp³-hybridized carbons (Fsp3) is 0.500. The molecule has 3 N–H and O–H groups in total. The molecule has 0 heterocycles. The van der Waals surface area contributed by atoms with Crippen molar-refractivity contribution >= 4 is 5.91 Å². The van der Waals surface area contributed by atoms with Crippen LogP contribution in [0.1, 0.15) is 22.3 Å². The maximum Gasteiger partial charge on any atom is 0.224 e. The molecule has 0 aliphatic heterocycles. The van der Waals surface area contributed by atoms with Crippen molar-refractivity contribution in [3.8, 4) is 0 Å². The van der Waals surface area contributed by atoms with Gasteiger partial charge < -0.3 is 11.1 Å². The smallest absolute Gasteiger partial charge is 0.224 e. The number of carbonyl (C=O) groups excluding carboxylic acids is 1. The summed E-state index contributed by atoms with van der Waals surface area (Å²) in [6.45, 7) is 6.65. The maximum atomic E-state index is 11.6. The molecule has 17 heavy (non-hydrogen) atoms. The fourth-order valence-electron chi connectivity index (χ4n) is 2.27. The zero-order valence-corrected chi connectivity index (χ0v) is 11.1. The van der Waals surface area contributed by atoms with Gasteiger partial charge in [-0.3, -0.25) is 4.79 Å². The van der Waals surface area contributed by atoms with Crippen LogP contribution in [0.5, 0.6) is 0 Å². The molecule has 94 valence electrons. The normalized spacial score (nSPS) is 12.3. The van der Waals surface area contributed by atoms with Crippen LogP contribution in [0.3, 0.4) is 0 Å². The number of hydrogen-bond donors (Lipinski definition) is 2. The number of carbonyl (C=O) groups is 1. The Morgan fingerprint density at radius 1 is 1.29 bits per heavy atom. The predicted molar refractivity (Wildman–Crippen MR) is 71.0 cm³/mol. The highest BCUT2D eigenvalue weighted by atomic mass is 16.1. The molecule has 0 radical (unpaired) electrons. The van der Waals surface area contributed by atoms with Gasteiger partial charge in [-0.2, -0.15) is 0 Å². The summed E-state index contributed by atoms with van der Waals surface area (Å²) in [4.78, 5) is 11.6. The van der Waals surface area contributed by atoms with Crippen molar-refractivity contribution in [2.45, 2.75) is 27.2 Å². The molecule has 1 aromatic rings. The van der Waals surface area contributed by atoms with Gasteiger partial charge in [0.05, 0.1) is 5.92 Å². The molecule has 0 saturated heterocycles. The van der Waals surface area contributed by atoms with Gasteiger partial charge in [0.2, 0.25) is 5.91 Å². The highest BCUT2D eigenvalue weighted by molar-refractivity contribution is 5.79. The molecule has 1 rings (SSSR count). The van der Waals surface area contributed by atoms with Gasteiger partial charge >= 0.3 is 0 Å². The third-order valence-electron chi connectivity index (χ3n) is 3.19. The van der Waals surface area contributed by atoms with Gasteiger partial charge in [0, 0.05) is 13.6 Å². The van der Waals surface area contributed by atoms with Crippen molar-refractivity contribution in [3.63, 3.8) is 0 Å². The van der Waals surface area contributed by atoms with Crippen molar-refractivity contribution < 1.29 is 4.79 Å². The second-order valence-electron chi connectivity index (χ2n) is 4.63. The minimum atomic E-state index is -0.139. The molecule has 0 aliphatic rings. The molecule has 0 fully saturated rings. The summed E-state index contributed by atoms with van der Waals surface area (Å²) < 4.78 is 0. The van der Waals surface area contributed by atoms with E-state index in [2.05, 4.69) is 38.2 Å². The second-order valence-corrected chi connectivity index (χ2v) is 4.63. The molecule has 0 aliphatic carbocycles. The predicted octanol–water partition coefficient (Wildman–Crippen LogP) is 1.48. The second kappa shape index (κ2) is 5.82. The summed E-state index contributed by atoms with van der Waals surface area (Å²) >= 11 is 0. The average molecular weight is 234 g/mol. The molecular weight excluding hydrogens is 212 g/mol. The van der Waals surface area contributed by atoms with E-state index in [-0.39, 0.29) is 11.8 Å². The van der Waals surface area contributed by atoms with Crippen LogP contribution in [0.25, 0.3) is 0 Å². The number of aryl methyl sites for hydroxylation is 3. The van der Waals surface area contributed by atoms with E-state index in [4.69, 9.17) is 5.73 Å². The monoisotopic (exact) mass is 234 g/mol. The molecule has 1 amide bonds. The summed E-state index contributed by atoms with van der Waals surface area (Å²) in [5.41, 5.74) is 10.6. The molecule has 0 aromatic heterocycles. The molecule has 1 unspecified atom stereocenters. The van der Waals surface area contributed by atoms with Gasteiger partial charge in [0.15, 0.2) is 0 Å². The molecule has 1 aromatic carbocycles. The first-order valence-electron chi connectivity index (χ1n) is 5.98. The molecule has 0 saturated carbocycles. The summed E-state index contributed by atoms with van der Waals surface area (Å²) in [5.74, 6) is -0.119. The van der Waals surface area contributed by atoms with Crippen LogP contribution in [0.2, 0.25) is 0 Å². The van der Waals surface area contributed by atoms with Crippen LogP contribution in [0.4, 0.5) is 0 Å². The van der Waals surface area contributed by atoms with Gasteiger partial charge in [0.1, 0.15) is 0 Å². The molecule has 3 heteroatoms. The third-order valence-corrected chi connectivity index (χ3v) is 3.19. The zero-order valence-electron chi connectivity index (χ0n) is 11.1. The molecule has 1 atom stereocenters. The number of rotatable bonds is 4. The molecule has 3 nitrogen and oxygen atoms in total. The largest absolute Gasteiger partial charge is 0.359 e. The third kappa shape index (κ3) is 3.30. The van der Waals surface area contributed by atoms with E-state index in [1.165, 1.54) is 22.3 Å². The van der Waals surface area contributed by atoms with Crippen LogP contribution >= 0.6 is 0 Å². The highest BCUT2D eigenvalue weighted by Gasteiger charge is 2.18. The quantitative estimate of drug-likeness (QED) is 0.829. The van der Waals surface area contributed by atoms with Crippen molar-refractivity contribution in [2.75, 3.05) is 13.6 Å². The Bertz CT molecular complexity index is 390. The van der Waals surface area contributed by atoms with Crippen LogP contribution in [0, 0.1) is 26.7 Å². The lowest BCUT2D eigenvalue weighted by molar-refractivity contribution is -0.124. The van der Waals surface area contributed by atoms with Gasteiger partial charge in [-0.1, -0.05) is 17.7 Å². The Labute approximate surface area is 103 Å². The number of nitrogens with one attached hydrogen (secondary N) is 1. The highest BCUT2D eigenvalue weighted by Crippen LogP contribution is 2.19. The van der Waals surface area contributed by atoms with Crippen molar-refractivity contribution in [2.24, 2.45) is 11.7 Å². The van der Waals surface area contributed by atoms with E-state index in [0.717, 1.165) is 0 Å². The maximum absolute atomic E-state index is 11.6. The van der Waals surface area contributed by atoms with E-state index in [0.29, 0.717) is 13.0 Å². The summed E-state index contributed by atoms with van der Waals surface area (Å²) in [5, 5.41) is 2.67. The lowest BCUT2D eigenvalue weighted by atomic mass is 9.91. The first-order valence-corrected chi connectivity index (χ1v) is 5.98. The van der Waals surface area contributed by atoms with Crippen molar-refractivity contribution in [3.05, 3.63) is 34.4 Å². The first kappa shape index (κ1) is 13.7. The van der Waals surface area contributed by atoms with Crippen LogP contribution in [-0.4, -0.2) is 19.5 Å². The standard InChI is InChI=1S/C14H22N2O/c1-9-5-10(2)13(11(3)6-9)7-12(8-15)14(17)16-4/h5-6,12H,7-8,15H2,1-4H3,(H,16,17).